The molecule has 2 fully saturated rings. The maximum Gasteiger partial charge on any atom is 0.416 e. The minimum Gasteiger partial charge on any atom is -0.455 e. The van der Waals surface area contributed by atoms with Crippen LogP contribution in [0.5, 0.6) is 0 Å². The van der Waals surface area contributed by atoms with Gasteiger partial charge in [0.25, 0.3) is 0 Å². The first-order valence-corrected chi connectivity index (χ1v) is 24.2. The predicted octanol–water partition coefficient (Wildman–Crippen LogP) is 15.1. The number of para-hydroxylation sites is 2. The first kappa shape index (κ1) is 46.9. The van der Waals surface area contributed by atoms with E-state index in [1.165, 1.54) is 72.9 Å². The molecule has 0 radical (unpaired) electrons. The average molecular weight is 871 g/mol. The molecule has 2 unspecified atom stereocenters. The number of halogens is 3. The summed E-state index contributed by atoms with van der Waals surface area (Å²) in [6, 6.07) is 38.8. The third-order valence-electron chi connectivity index (χ3n) is 15.0. The van der Waals surface area contributed by atoms with Crippen molar-refractivity contribution in [3.8, 4) is 0 Å². The molecule has 2 saturated carbocycles. The molecule has 0 heterocycles. The topological polar surface area (TPSA) is 78.3 Å². The van der Waals surface area contributed by atoms with Crippen LogP contribution in [0.4, 0.5) is 24.5 Å². The van der Waals surface area contributed by atoms with E-state index in [4.69, 9.17) is 16.2 Å². The van der Waals surface area contributed by atoms with Crippen LogP contribution in [0.1, 0.15) is 166 Å². The summed E-state index contributed by atoms with van der Waals surface area (Å²) in [6.07, 6.45) is 13.8. The molecule has 340 valence electrons. The third kappa shape index (κ3) is 11.1. The predicted molar refractivity (Wildman–Crippen MR) is 256 cm³/mol. The Labute approximate surface area is 380 Å². The summed E-state index contributed by atoms with van der Waals surface area (Å²) >= 11 is 0. The summed E-state index contributed by atoms with van der Waals surface area (Å²) in [5.74, 6) is 0.383. The number of esters is 1. The van der Waals surface area contributed by atoms with Gasteiger partial charge in [-0.15, -0.1) is 0 Å². The quantitative estimate of drug-likeness (QED) is 0.0522. The van der Waals surface area contributed by atoms with Crippen LogP contribution in [0.3, 0.4) is 0 Å². The Morgan fingerprint density at radius 3 is 1.62 bits per heavy atom. The summed E-state index contributed by atoms with van der Waals surface area (Å²) in [7, 11) is 0. The fraction of sp³-hybridized carbons (Fsp3) is 0.456. The van der Waals surface area contributed by atoms with E-state index in [0.717, 1.165) is 98.8 Å². The standard InChI is InChI=1S/C57H69F3N2O2/c1-3-5-7-8-9-15-41-32-35-55(36-33-41,64-54(63)45-24-30-50(31-25-45)57(58,59)60)53-40-42(14-6-4-2)34-37-56(53,48-26-20-43(21-27-48)38-46-16-10-12-18-51(46)61)49-28-22-44(23-29-49)39-47-17-11-13-19-52(47)62/h10-13,16-31,41-42,53H,3-9,14-15,32-40,61-62H2,1-2H3. The second kappa shape index (κ2) is 21.3. The van der Waals surface area contributed by atoms with Gasteiger partial charge in [-0.1, -0.05) is 157 Å². The van der Waals surface area contributed by atoms with Gasteiger partial charge in [-0.25, -0.2) is 4.79 Å². The summed E-state index contributed by atoms with van der Waals surface area (Å²) in [6.45, 7) is 4.49. The Morgan fingerprint density at radius 2 is 1.11 bits per heavy atom. The minimum absolute atomic E-state index is 0.0780. The van der Waals surface area contributed by atoms with Gasteiger partial charge in [0, 0.05) is 22.7 Å². The fourth-order valence-electron chi connectivity index (χ4n) is 11.3. The van der Waals surface area contributed by atoms with Gasteiger partial charge in [-0.2, -0.15) is 13.2 Å². The summed E-state index contributed by atoms with van der Waals surface area (Å²) in [5.41, 5.74) is 19.3. The third-order valence-corrected chi connectivity index (χ3v) is 15.0. The molecule has 2 aliphatic carbocycles. The summed E-state index contributed by atoms with van der Waals surface area (Å²) in [5, 5.41) is 0. The number of nitrogens with two attached hydrogens (primary N) is 2. The number of hydrogen-bond donors (Lipinski definition) is 2. The molecule has 0 saturated heterocycles. The lowest BCUT2D eigenvalue weighted by Crippen LogP contribution is -2.57. The molecule has 0 bridgehead atoms. The van der Waals surface area contributed by atoms with E-state index in [1.807, 2.05) is 36.4 Å². The lowest BCUT2D eigenvalue weighted by Gasteiger charge is -2.57. The highest BCUT2D eigenvalue weighted by Gasteiger charge is 2.58. The van der Waals surface area contributed by atoms with Crippen LogP contribution in [-0.4, -0.2) is 11.6 Å². The Bertz CT molecular complexity index is 2150. The number of nitrogen functional groups attached to an aromatic ring is 2. The number of unbranched alkanes of at least 4 members (excludes halogenated alkanes) is 5. The molecule has 2 aliphatic rings. The van der Waals surface area contributed by atoms with Crippen molar-refractivity contribution in [2.75, 3.05) is 11.5 Å². The van der Waals surface area contributed by atoms with E-state index in [2.05, 4.69) is 74.5 Å². The zero-order chi connectivity index (χ0) is 45.2. The molecular weight excluding hydrogens is 802 g/mol. The van der Waals surface area contributed by atoms with Crippen molar-refractivity contribution in [1.82, 2.24) is 0 Å². The van der Waals surface area contributed by atoms with Crippen LogP contribution in [0.2, 0.25) is 0 Å². The number of alkyl halides is 3. The van der Waals surface area contributed by atoms with Gasteiger partial charge in [-0.05, 0) is 139 Å². The number of rotatable bonds is 18. The number of benzene rings is 5. The van der Waals surface area contributed by atoms with Crippen LogP contribution in [0.25, 0.3) is 0 Å². The highest BCUT2D eigenvalue weighted by atomic mass is 19.4. The van der Waals surface area contributed by atoms with Crippen molar-refractivity contribution in [3.05, 3.63) is 166 Å². The zero-order valence-electron chi connectivity index (χ0n) is 38.1. The summed E-state index contributed by atoms with van der Waals surface area (Å²) < 4.78 is 48.1. The molecule has 5 aromatic rings. The second-order valence-electron chi connectivity index (χ2n) is 19.1. The zero-order valence-corrected chi connectivity index (χ0v) is 38.1. The van der Waals surface area contributed by atoms with Gasteiger partial charge < -0.3 is 16.2 Å². The van der Waals surface area contributed by atoms with Crippen LogP contribution >= 0.6 is 0 Å². The molecular formula is C57H69F3N2O2. The first-order valence-electron chi connectivity index (χ1n) is 24.2. The molecule has 0 aliphatic heterocycles. The van der Waals surface area contributed by atoms with Gasteiger partial charge in [0.15, 0.2) is 0 Å². The molecule has 7 rings (SSSR count). The molecule has 2 atom stereocenters. The summed E-state index contributed by atoms with van der Waals surface area (Å²) in [4.78, 5) is 14.6. The monoisotopic (exact) mass is 871 g/mol. The number of hydrogen-bond acceptors (Lipinski definition) is 4. The minimum atomic E-state index is -4.50. The Kier molecular flexibility index (Phi) is 15.6. The van der Waals surface area contributed by atoms with Gasteiger partial charge in [0.2, 0.25) is 0 Å². The number of ether oxygens (including phenoxy) is 1. The van der Waals surface area contributed by atoms with Gasteiger partial charge in [0.1, 0.15) is 5.60 Å². The molecule has 64 heavy (non-hydrogen) atoms. The molecule has 0 spiro atoms. The Morgan fingerprint density at radius 1 is 0.609 bits per heavy atom. The molecule has 0 aromatic heterocycles. The molecule has 4 nitrogen and oxygen atoms in total. The van der Waals surface area contributed by atoms with Crippen LogP contribution < -0.4 is 11.5 Å². The fourth-order valence-corrected chi connectivity index (χ4v) is 11.3. The molecule has 4 N–H and O–H groups in total. The van der Waals surface area contributed by atoms with Gasteiger partial charge in [-0.3, -0.25) is 0 Å². The van der Waals surface area contributed by atoms with E-state index in [1.54, 1.807) is 0 Å². The highest BCUT2D eigenvalue weighted by molar-refractivity contribution is 5.89. The van der Waals surface area contributed by atoms with E-state index in [-0.39, 0.29) is 11.5 Å². The van der Waals surface area contributed by atoms with Crippen molar-refractivity contribution in [1.29, 1.82) is 0 Å². The molecule has 0 amide bonds. The molecule has 7 heteroatoms. The van der Waals surface area contributed by atoms with E-state index in [9.17, 15) is 18.0 Å². The first-order chi connectivity index (χ1) is 30.9. The molecule has 5 aromatic carbocycles. The van der Waals surface area contributed by atoms with Gasteiger partial charge >= 0.3 is 12.1 Å². The maximum atomic E-state index is 14.6. The normalized spacial score (nSPS) is 21.0. The Balaban J connectivity index is 1.33. The van der Waals surface area contributed by atoms with Crippen molar-refractivity contribution in [3.63, 3.8) is 0 Å². The van der Waals surface area contributed by atoms with Crippen molar-refractivity contribution in [2.24, 2.45) is 17.8 Å². The van der Waals surface area contributed by atoms with Gasteiger partial charge in [0.05, 0.1) is 11.1 Å². The number of carbonyl (C=O) groups is 1. The lowest BCUT2D eigenvalue weighted by atomic mass is 9.50. The van der Waals surface area contributed by atoms with E-state index >= 15 is 0 Å². The van der Waals surface area contributed by atoms with Crippen molar-refractivity contribution in [2.45, 2.75) is 147 Å². The smallest absolute Gasteiger partial charge is 0.416 e. The van der Waals surface area contributed by atoms with E-state index in [0.29, 0.717) is 24.7 Å². The average Bonchev–Trinajstić information content (AvgIpc) is 3.30. The van der Waals surface area contributed by atoms with Crippen molar-refractivity contribution < 1.29 is 22.7 Å². The number of anilines is 2. The van der Waals surface area contributed by atoms with Crippen LogP contribution in [0, 0.1) is 17.8 Å². The van der Waals surface area contributed by atoms with Crippen LogP contribution in [-0.2, 0) is 29.2 Å². The van der Waals surface area contributed by atoms with Crippen molar-refractivity contribution >= 4 is 17.3 Å². The SMILES string of the molecule is CCCCCCCC1CCC(OC(=O)c2ccc(C(F)(F)F)cc2)(C2CC(CCCC)CCC2(c2ccc(Cc3ccccc3N)cc2)c2ccc(Cc3ccccc3N)cc2)CC1. The lowest BCUT2D eigenvalue weighted by molar-refractivity contribution is -0.137. The number of carbonyl (C=O) groups excluding carboxylic acids is 1. The largest absolute Gasteiger partial charge is 0.455 e. The van der Waals surface area contributed by atoms with E-state index < -0.39 is 28.7 Å². The Hall–Kier alpha value is -5.04. The van der Waals surface area contributed by atoms with Crippen LogP contribution in [0.15, 0.2) is 121 Å². The maximum absolute atomic E-state index is 14.6. The highest BCUT2D eigenvalue weighted by Crippen LogP contribution is 2.59. The second-order valence-corrected chi connectivity index (χ2v) is 19.1.